The summed E-state index contributed by atoms with van der Waals surface area (Å²) in [7, 11) is 0. The van der Waals surface area contributed by atoms with Gasteiger partial charge in [-0.1, -0.05) is 0 Å². The van der Waals surface area contributed by atoms with Gasteiger partial charge in [0.1, 0.15) is 29.5 Å². The van der Waals surface area contributed by atoms with Crippen molar-refractivity contribution in [3.05, 3.63) is 16.9 Å². The molecule has 23 heavy (non-hydrogen) atoms. The third-order valence-corrected chi connectivity index (χ3v) is 2.87. The number of amides is 1. The Hall–Kier alpha value is -2.82. The maximum absolute atomic E-state index is 11.9. The molecule has 0 spiro atoms. The molecule has 1 heterocycles. The zero-order valence-electron chi connectivity index (χ0n) is 13.5. The minimum absolute atomic E-state index is 0.0561. The Morgan fingerprint density at radius 3 is 2.30 bits per heavy atom. The van der Waals surface area contributed by atoms with Crippen LogP contribution in [0.5, 0.6) is 0 Å². The number of nitrogens with zero attached hydrogens (tertiary/aromatic N) is 2. The largest absolute Gasteiger partial charge is 0.465 e. The Labute approximate surface area is 133 Å². The van der Waals surface area contributed by atoms with Crippen LogP contribution < -0.4 is 4.90 Å². The number of carbonyl (C=O) groups excluding carboxylic acids is 3. The van der Waals surface area contributed by atoms with Crippen LogP contribution in [0.4, 0.5) is 5.88 Å². The van der Waals surface area contributed by atoms with Gasteiger partial charge in [-0.3, -0.25) is 14.5 Å². The van der Waals surface area contributed by atoms with Gasteiger partial charge in [0.15, 0.2) is 0 Å². The normalized spacial score (nSPS) is 9.87. The summed E-state index contributed by atoms with van der Waals surface area (Å²) < 4.78 is 15.1. The first-order valence-corrected chi connectivity index (χ1v) is 7.01. The highest BCUT2D eigenvalue weighted by atomic mass is 16.5. The minimum atomic E-state index is -0.726. The molecule has 0 saturated carbocycles. The summed E-state index contributed by atoms with van der Waals surface area (Å²) in [5.41, 5.74) is -0.208. The number of aryl methyl sites for hydroxylation is 1. The van der Waals surface area contributed by atoms with E-state index in [1.807, 2.05) is 6.07 Å². The van der Waals surface area contributed by atoms with E-state index >= 15 is 0 Å². The summed E-state index contributed by atoms with van der Waals surface area (Å²) in [5, 5.41) is 9.33. The van der Waals surface area contributed by atoms with Crippen molar-refractivity contribution >= 4 is 23.7 Å². The van der Waals surface area contributed by atoms with E-state index in [0.29, 0.717) is 0 Å². The second-order valence-corrected chi connectivity index (χ2v) is 4.46. The first-order chi connectivity index (χ1) is 10.9. The molecule has 0 fully saturated rings. The average molecular weight is 322 g/mol. The molecule has 0 radical (unpaired) electrons. The van der Waals surface area contributed by atoms with Gasteiger partial charge in [-0.15, -0.1) is 0 Å². The SMILES string of the molecule is CCOC(=O)CN(C(C)=O)c1oc(C)c(C(=O)OCC)c1C#N. The molecule has 0 aliphatic carbocycles. The number of nitriles is 1. The van der Waals surface area contributed by atoms with Crippen molar-refractivity contribution < 1.29 is 28.3 Å². The standard InChI is InChI=1S/C15H18N2O6/c1-5-21-12(19)8-17(10(4)18)14-11(7-16)13(9(3)23-14)15(20)22-6-2/h5-6,8H2,1-4H3. The number of furan rings is 1. The van der Waals surface area contributed by atoms with Crippen LogP contribution >= 0.6 is 0 Å². The first-order valence-electron chi connectivity index (χ1n) is 7.01. The Morgan fingerprint density at radius 1 is 1.22 bits per heavy atom. The van der Waals surface area contributed by atoms with Crippen LogP contribution in [0.2, 0.25) is 0 Å². The van der Waals surface area contributed by atoms with Crippen molar-refractivity contribution in [3.8, 4) is 6.07 Å². The van der Waals surface area contributed by atoms with Gasteiger partial charge < -0.3 is 13.9 Å². The van der Waals surface area contributed by atoms with Crippen molar-refractivity contribution in [1.82, 2.24) is 0 Å². The maximum atomic E-state index is 11.9. The fourth-order valence-electron chi connectivity index (χ4n) is 1.93. The van der Waals surface area contributed by atoms with E-state index in [-0.39, 0.29) is 36.0 Å². The number of esters is 2. The van der Waals surface area contributed by atoms with Crippen LogP contribution in [0.3, 0.4) is 0 Å². The highest BCUT2D eigenvalue weighted by Gasteiger charge is 2.30. The zero-order valence-corrected chi connectivity index (χ0v) is 13.5. The van der Waals surface area contributed by atoms with Gasteiger partial charge in [-0.05, 0) is 20.8 Å². The smallest absolute Gasteiger partial charge is 0.343 e. The molecule has 0 aliphatic heterocycles. The zero-order chi connectivity index (χ0) is 17.6. The number of carbonyl (C=O) groups is 3. The second-order valence-electron chi connectivity index (χ2n) is 4.46. The third-order valence-electron chi connectivity index (χ3n) is 2.87. The lowest BCUT2D eigenvalue weighted by Crippen LogP contribution is -2.35. The van der Waals surface area contributed by atoms with Crippen LogP contribution in [0.1, 0.15) is 42.5 Å². The molecular formula is C15H18N2O6. The van der Waals surface area contributed by atoms with Gasteiger partial charge >= 0.3 is 11.9 Å². The highest BCUT2D eigenvalue weighted by molar-refractivity contribution is 6.00. The van der Waals surface area contributed by atoms with Crippen LogP contribution in [-0.4, -0.2) is 37.6 Å². The summed E-state index contributed by atoms with van der Waals surface area (Å²) in [4.78, 5) is 36.3. The molecule has 8 heteroatoms. The van der Waals surface area contributed by atoms with Gasteiger partial charge in [0.2, 0.25) is 11.8 Å². The molecule has 0 aromatic carbocycles. The quantitative estimate of drug-likeness (QED) is 0.731. The van der Waals surface area contributed by atoms with Gasteiger partial charge in [0.05, 0.1) is 13.2 Å². The lowest BCUT2D eigenvalue weighted by Gasteiger charge is -2.17. The lowest BCUT2D eigenvalue weighted by molar-refractivity contribution is -0.142. The van der Waals surface area contributed by atoms with Crippen LogP contribution in [0.25, 0.3) is 0 Å². The molecule has 124 valence electrons. The molecule has 0 atom stereocenters. The molecule has 8 nitrogen and oxygen atoms in total. The molecule has 1 amide bonds. The minimum Gasteiger partial charge on any atom is -0.465 e. The molecule has 0 unspecified atom stereocenters. The van der Waals surface area contributed by atoms with E-state index in [0.717, 1.165) is 4.90 Å². The Morgan fingerprint density at radius 2 is 1.83 bits per heavy atom. The van der Waals surface area contributed by atoms with E-state index in [1.165, 1.54) is 13.8 Å². The van der Waals surface area contributed by atoms with Crippen molar-refractivity contribution in [1.29, 1.82) is 5.26 Å². The van der Waals surface area contributed by atoms with E-state index in [4.69, 9.17) is 13.9 Å². The van der Waals surface area contributed by atoms with Crippen LogP contribution in [0.15, 0.2) is 4.42 Å². The van der Waals surface area contributed by atoms with E-state index in [9.17, 15) is 19.6 Å². The Bertz CT molecular complexity index is 656. The number of anilines is 1. The first kappa shape index (κ1) is 18.2. The molecular weight excluding hydrogens is 304 g/mol. The van der Waals surface area contributed by atoms with Gasteiger partial charge in [-0.25, -0.2) is 4.79 Å². The summed E-state index contributed by atoms with van der Waals surface area (Å²) in [6, 6.07) is 1.82. The van der Waals surface area contributed by atoms with Gasteiger partial charge in [0.25, 0.3) is 0 Å². The number of ether oxygens (including phenoxy) is 2. The summed E-state index contributed by atoms with van der Waals surface area (Å²) in [5.74, 6) is -1.95. The fourth-order valence-corrected chi connectivity index (χ4v) is 1.93. The van der Waals surface area contributed by atoms with E-state index in [2.05, 4.69) is 0 Å². The molecule has 1 aromatic heterocycles. The van der Waals surface area contributed by atoms with Gasteiger partial charge in [-0.2, -0.15) is 5.26 Å². The topological polar surface area (TPSA) is 110 Å². The molecule has 1 aromatic rings. The van der Waals surface area contributed by atoms with E-state index in [1.54, 1.807) is 13.8 Å². The Kier molecular flexibility index (Phi) is 6.33. The highest BCUT2D eigenvalue weighted by Crippen LogP contribution is 2.30. The number of hydrogen-bond acceptors (Lipinski definition) is 7. The molecule has 0 bridgehead atoms. The van der Waals surface area contributed by atoms with Crippen molar-refractivity contribution in [3.63, 3.8) is 0 Å². The van der Waals surface area contributed by atoms with Crippen LogP contribution in [0, 0.1) is 18.3 Å². The molecule has 0 aliphatic rings. The maximum Gasteiger partial charge on any atom is 0.343 e. The second kappa shape index (κ2) is 7.98. The third kappa shape index (κ3) is 4.10. The summed E-state index contributed by atoms with van der Waals surface area (Å²) in [6.45, 7) is 5.80. The monoisotopic (exact) mass is 322 g/mol. The number of rotatable bonds is 6. The fraction of sp³-hybridized carbons (Fsp3) is 0.467. The van der Waals surface area contributed by atoms with Gasteiger partial charge in [0, 0.05) is 6.92 Å². The van der Waals surface area contributed by atoms with Crippen molar-refractivity contribution in [2.45, 2.75) is 27.7 Å². The Balaban J connectivity index is 3.31. The number of hydrogen-bond donors (Lipinski definition) is 0. The average Bonchev–Trinajstić information content (AvgIpc) is 2.81. The van der Waals surface area contributed by atoms with Crippen molar-refractivity contribution in [2.24, 2.45) is 0 Å². The van der Waals surface area contributed by atoms with Crippen LogP contribution in [-0.2, 0) is 19.1 Å². The van der Waals surface area contributed by atoms with Crippen molar-refractivity contribution in [2.75, 3.05) is 24.7 Å². The predicted octanol–water partition coefficient (Wildman–Crippen LogP) is 1.55. The molecule has 0 N–H and O–H groups in total. The predicted molar refractivity (Wildman–Crippen MR) is 78.8 cm³/mol. The lowest BCUT2D eigenvalue weighted by atomic mass is 10.1. The summed E-state index contributed by atoms with van der Waals surface area (Å²) in [6.07, 6.45) is 0. The summed E-state index contributed by atoms with van der Waals surface area (Å²) >= 11 is 0. The van der Waals surface area contributed by atoms with E-state index < -0.39 is 24.4 Å². The molecule has 1 rings (SSSR count). The molecule has 0 saturated heterocycles.